The Kier molecular flexibility index (Phi) is 6.78. The van der Waals surface area contributed by atoms with E-state index in [1.165, 1.54) is 33.0 Å². The molecule has 0 spiro atoms. The Labute approximate surface area is 294 Å². The van der Waals surface area contributed by atoms with Gasteiger partial charge in [-0.1, -0.05) is 115 Å². The standard InChI is InChI=1S/C47H30N2O2/c1-3-10-31(11-4-1)32-18-22-36(23-19-32)49(37-24-20-34(21-25-37)40-17-9-15-33-12-7-8-16-39(33)40)38-26-27-41-42-29-46-43(30-45(42)50-44(41)28-38)48-47(51-46)35-13-5-2-6-14-35/h1-30H. The minimum absolute atomic E-state index is 0.602. The molecule has 0 amide bonds. The second-order valence-corrected chi connectivity index (χ2v) is 12.8. The summed E-state index contributed by atoms with van der Waals surface area (Å²) in [5.41, 5.74) is 11.9. The van der Waals surface area contributed by atoms with E-state index in [2.05, 4.69) is 138 Å². The van der Waals surface area contributed by atoms with Gasteiger partial charge in [-0.05, 0) is 87.6 Å². The molecule has 0 fully saturated rings. The van der Waals surface area contributed by atoms with Gasteiger partial charge < -0.3 is 13.7 Å². The first-order valence-corrected chi connectivity index (χ1v) is 17.1. The lowest BCUT2D eigenvalue weighted by Gasteiger charge is -2.26. The Balaban J connectivity index is 1.07. The number of aromatic nitrogens is 1. The van der Waals surface area contributed by atoms with Crippen LogP contribution in [0.4, 0.5) is 17.1 Å². The van der Waals surface area contributed by atoms with Crippen LogP contribution < -0.4 is 4.90 Å². The van der Waals surface area contributed by atoms with Crippen LogP contribution in [-0.2, 0) is 0 Å². The van der Waals surface area contributed by atoms with Crippen LogP contribution in [0.1, 0.15) is 0 Å². The second-order valence-electron chi connectivity index (χ2n) is 12.8. The molecule has 0 N–H and O–H groups in total. The highest BCUT2D eigenvalue weighted by molar-refractivity contribution is 6.10. The fourth-order valence-corrected chi connectivity index (χ4v) is 7.18. The molecule has 0 unspecified atom stereocenters. The maximum Gasteiger partial charge on any atom is 0.227 e. The predicted octanol–water partition coefficient (Wildman–Crippen LogP) is 13.4. The summed E-state index contributed by atoms with van der Waals surface area (Å²) >= 11 is 0. The Morgan fingerprint density at radius 1 is 0.373 bits per heavy atom. The van der Waals surface area contributed by atoms with Crippen molar-refractivity contribution in [2.45, 2.75) is 0 Å². The third-order valence-corrected chi connectivity index (χ3v) is 9.70. The maximum absolute atomic E-state index is 6.52. The highest BCUT2D eigenvalue weighted by atomic mass is 16.4. The van der Waals surface area contributed by atoms with E-state index in [-0.39, 0.29) is 0 Å². The summed E-state index contributed by atoms with van der Waals surface area (Å²) in [5, 5.41) is 4.50. The molecule has 0 radical (unpaired) electrons. The maximum atomic E-state index is 6.52. The van der Waals surface area contributed by atoms with Crippen LogP contribution in [0.3, 0.4) is 0 Å². The summed E-state index contributed by atoms with van der Waals surface area (Å²) < 4.78 is 12.7. The number of oxazole rings is 1. The molecular formula is C47H30N2O2. The minimum atomic E-state index is 0.602. The van der Waals surface area contributed by atoms with E-state index in [9.17, 15) is 0 Å². The zero-order valence-corrected chi connectivity index (χ0v) is 27.5. The molecule has 2 heterocycles. The summed E-state index contributed by atoms with van der Waals surface area (Å²) in [5.74, 6) is 0.602. The number of fused-ring (bicyclic) bond motifs is 5. The highest BCUT2D eigenvalue weighted by Gasteiger charge is 2.18. The Morgan fingerprint density at radius 2 is 0.980 bits per heavy atom. The number of rotatable bonds is 6. The highest BCUT2D eigenvalue weighted by Crippen LogP contribution is 2.41. The summed E-state index contributed by atoms with van der Waals surface area (Å²) in [6, 6.07) is 63.5. The van der Waals surface area contributed by atoms with Gasteiger partial charge in [0.25, 0.3) is 0 Å². The van der Waals surface area contributed by atoms with Gasteiger partial charge in [0.2, 0.25) is 5.89 Å². The molecule has 2 aromatic heterocycles. The molecule has 0 saturated heterocycles. The summed E-state index contributed by atoms with van der Waals surface area (Å²) in [6.07, 6.45) is 0. The lowest BCUT2D eigenvalue weighted by molar-refractivity contribution is 0.620. The lowest BCUT2D eigenvalue weighted by Crippen LogP contribution is -2.09. The largest absolute Gasteiger partial charge is 0.456 e. The van der Waals surface area contributed by atoms with Crippen molar-refractivity contribution < 1.29 is 8.83 Å². The van der Waals surface area contributed by atoms with Crippen molar-refractivity contribution in [1.29, 1.82) is 0 Å². The van der Waals surface area contributed by atoms with Crippen LogP contribution in [0.2, 0.25) is 0 Å². The third-order valence-electron chi connectivity index (χ3n) is 9.70. The minimum Gasteiger partial charge on any atom is -0.456 e. The average molecular weight is 655 g/mol. The van der Waals surface area contributed by atoms with Crippen LogP contribution in [-0.4, -0.2) is 4.98 Å². The van der Waals surface area contributed by atoms with Crippen molar-refractivity contribution in [2.24, 2.45) is 0 Å². The monoisotopic (exact) mass is 654 g/mol. The van der Waals surface area contributed by atoms with E-state index in [1.54, 1.807) is 0 Å². The molecule has 0 aliphatic rings. The van der Waals surface area contributed by atoms with E-state index in [1.807, 2.05) is 48.5 Å². The van der Waals surface area contributed by atoms with Crippen LogP contribution in [0.25, 0.3) is 77.5 Å². The van der Waals surface area contributed by atoms with Crippen molar-refractivity contribution >= 4 is 60.9 Å². The van der Waals surface area contributed by atoms with Crippen LogP contribution in [0, 0.1) is 0 Å². The molecule has 0 aliphatic heterocycles. The molecule has 0 aliphatic carbocycles. The van der Waals surface area contributed by atoms with E-state index in [0.29, 0.717) is 5.89 Å². The predicted molar refractivity (Wildman–Crippen MR) is 210 cm³/mol. The molecular weight excluding hydrogens is 625 g/mol. The molecule has 0 bridgehead atoms. The summed E-state index contributed by atoms with van der Waals surface area (Å²) in [4.78, 5) is 7.05. The normalized spacial score (nSPS) is 11.5. The summed E-state index contributed by atoms with van der Waals surface area (Å²) in [7, 11) is 0. The first kappa shape index (κ1) is 29.0. The van der Waals surface area contributed by atoms with Gasteiger partial charge >= 0.3 is 0 Å². The average Bonchev–Trinajstić information content (AvgIpc) is 3.78. The fraction of sp³-hybridized carbons (Fsp3) is 0. The zero-order chi connectivity index (χ0) is 33.7. The fourth-order valence-electron chi connectivity index (χ4n) is 7.18. The molecule has 8 aromatic carbocycles. The van der Waals surface area contributed by atoms with Gasteiger partial charge in [-0.3, -0.25) is 0 Å². The van der Waals surface area contributed by atoms with Crippen LogP contribution in [0.15, 0.2) is 191 Å². The Morgan fingerprint density at radius 3 is 1.75 bits per heavy atom. The zero-order valence-electron chi connectivity index (χ0n) is 27.5. The molecule has 51 heavy (non-hydrogen) atoms. The molecule has 4 nitrogen and oxygen atoms in total. The number of hydrogen-bond acceptors (Lipinski definition) is 4. The van der Waals surface area contributed by atoms with Crippen molar-refractivity contribution in [3.63, 3.8) is 0 Å². The van der Waals surface area contributed by atoms with E-state index in [4.69, 9.17) is 13.8 Å². The molecule has 4 heteroatoms. The quantitative estimate of drug-likeness (QED) is 0.179. The van der Waals surface area contributed by atoms with Gasteiger partial charge in [0.15, 0.2) is 5.58 Å². The smallest absolute Gasteiger partial charge is 0.227 e. The van der Waals surface area contributed by atoms with Crippen molar-refractivity contribution in [1.82, 2.24) is 4.98 Å². The number of furan rings is 1. The second kappa shape index (κ2) is 11.9. The SMILES string of the molecule is c1ccc(-c2ccc(N(c3ccc(-c4cccc5ccccc45)cc3)c3ccc4c(c3)oc3cc5nc(-c6ccccc6)oc5cc34)cc2)cc1. The molecule has 0 saturated carbocycles. The van der Waals surface area contributed by atoms with Crippen molar-refractivity contribution in [3.05, 3.63) is 182 Å². The van der Waals surface area contributed by atoms with Gasteiger partial charge in [0.05, 0.1) is 0 Å². The Bertz CT molecular complexity index is 2830. The van der Waals surface area contributed by atoms with Gasteiger partial charge in [0.1, 0.15) is 16.7 Å². The molecule has 10 aromatic rings. The molecule has 0 atom stereocenters. The third kappa shape index (κ3) is 5.13. The summed E-state index contributed by atoms with van der Waals surface area (Å²) in [6.45, 7) is 0. The van der Waals surface area contributed by atoms with Gasteiger partial charge in [-0.2, -0.15) is 0 Å². The number of hydrogen-bond donors (Lipinski definition) is 0. The number of anilines is 3. The van der Waals surface area contributed by atoms with E-state index < -0.39 is 0 Å². The van der Waals surface area contributed by atoms with E-state index >= 15 is 0 Å². The first-order valence-electron chi connectivity index (χ1n) is 17.1. The topological polar surface area (TPSA) is 42.4 Å². The van der Waals surface area contributed by atoms with Gasteiger partial charge in [0, 0.05) is 45.5 Å². The molecule has 240 valence electrons. The first-order chi connectivity index (χ1) is 25.2. The van der Waals surface area contributed by atoms with E-state index in [0.717, 1.165) is 55.7 Å². The van der Waals surface area contributed by atoms with Crippen LogP contribution >= 0.6 is 0 Å². The van der Waals surface area contributed by atoms with Crippen molar-refractivity contribution in [2.75, 3.05) is 4.90 Å². The number of benzene rings is 8. The lowest BCUT2D eigenvalue weighted by atomic mass is 9.98. The Hall–Kier alpha value is -6.91. The van der Waals surface area contributed by atoms with Gasteiger partial charge in [-0.15, -0.1) is 0 Å². The molecule has 10 rings (SSSR count). The van der Waals surface area contributed by atoms with Crippen LogP contribution in [0.5, 0.6) is 0 Å². The van der Waals surface area contributed by atoms with Gasteiger partial charge in [-0.25, -0.2) is 4.98 Å². The number of nitrogens with zero attached hydrogens (tertiary/aromatic N) is 2. The van der Waals surface area contributed by atoms with Crippen molar-refractivity contribution in [3.8, 4) is 33.7 Å².